The smallest absolute Gasteiger partial charge is 0.416 e. The average molecular weight is 461 g/mol. The number of carbonyl (C=O) groups excluding carboxylic acids is 3. The molecule has 2 N–H and O–H groups in total. The van der Waals surface area contributed by atoms with E-state index in [9.17, 15) is 27.6 Å². The summed E-state index contributed by atoms with van der Waals surface area (Å²) >= 11 is 5.85. The second kappa shape index (κ2) is 9.42. The predicted octanol–water partition coefficient (Wildman–Crippen LogP) is 4.66. The van der Waals surface area contributed by atoms with Gasteiger partial charge in [-0.2, -0.15) is 13.2 Å². The zero-order valence-electron chi connectivity index (χ0n) is 17.1. The molecule has 0 unspecified atom stereocenters. The number of nitrogens with one attached hydrogen (secondary N) is 2. The van der Waals surface area contributed by atoms with Gasteiger partial charge in [0.05, 0.1) is 28.4 Å². The lowest BCUT2D eigenvalue weighted by Gasteiger charge is -2.15. The van der Waals surface area contributed by atoms with E-state index in [2.05, 4.69) is 10.3 Å². The van der Waals surface area contributed by atoms with Crippen molar-refractivity contribution >= 4 is 35.1 Å². The highest BCUT2D eigenvalue weighted by Crippen LogP contribution is 2.34. The standard InChI is InChI=1S/C20H20ClF3N2O5/c1-5-30-18(28)15-9(2)16(25-10(15)3)19(29)31-11(4)17(27)26-14-8-12(20(22,23)24)6-7-13(14)21/h6-8,11,25H,5H2,1-4H3,(H,26,27)/t11-/m0/s1. The topological polar surface area (TPSA) is 97.5 Å². The molecule has 1 heterocycles. The van der Waals surface area contributed by atoms with Gasteiger partial charge in [0.1, 0.15) is 5.69 Å². The largest absolute Gasteiger partial charge is 0.462 e. The van der Waals surface area contributed by atoms with Gasteiger partial charge in [-0.05, 0) is 51.5 Å². The van der Waals surface area contributed by atoms with E-state index in [1.54, 1.807) is 13.8 Å². The number of rotatable bonds is 6. The third-order valence-corrected chi connectivity index (χ3v) is 4.66. The predicted molar refractivity (Wildman–Crippen MR) is 106 cm³/mol. The van der Waals surface area contributed by atoms with Crippen LogP contribution in [0.5, 0.6) is 0 Å². The van der Waals surface area contributed by atoms with Crippen LogP contribution in [0.4, 0.5) is 18.9 Å². The zero-order chi connectivity index (χ0) is 23.5. The minimum atomic E-state index is -4.62. The van der Waals surface area contributed by atoms with E-state index in [1.165, 1.54) is 13.8 Å². The third-order valence-electron chi connectivity index (χ3n) is 4.33. The van der Waals surface area contributed by atoms with Gasteiger partial charge in [-0.1, -0.05) is 11.6 Å². The summed E-state index contributed by atoms with van der Waals surface area (Å²) in [7, 11) is 0. The second-order valence-corrected chi connectivity index (χ2v) is 6.98. The fraction of sp³-hybridized carbons (Fsp3) is 0.350. The molecule has 11 heteroatoms. The van der Waals surface area contributed by atoms with Gasteiger partial charge in [0.2, 0.25) is 0 Å². The van der Waals surface area contributed by atoms with Crippen LogP contribution in [-0.4, -0.2) is 35.5 Å². The molecule has 0 spiro atoms. The number of aryl methyl sites for hydroxylation is 1. The lowest BCUT2D eigenvalue weighted by Crippen LogP contribution is -2.30. The number of alkyl halides is 3. The van der Waals surface area contributed by atoms with E-state index >= 15 is 0 Å². The maximum Gasteiger partial charge on any atom is 0.416 e. The summed E-state index contributed by atoms with van der Waals surface area (Å²) < 4.78 is 48.7. The Morgan fingerprint density at radius 1 is 1.19 bits per heavy atom. The third kappa shape index (κ3) is 5.57. The number of hydrogen-bond donors (Lipinski definition) is 2. The molecule has 168 valence electrons. The molecule has 7 nitrogen and oxygen atoms in total. The van der Waals surface area contributed by atoms with Gasteiger partial charge in [-0.3, -0.25) is 4.79 Å². The van der Waals surface area contributed by atoms with Gasteiger partial charge in [-0.25, -0.2) is 9.59 Å². The molecule has 0 aliphatic rings. The molecule has 0 aliphatic heterocycles. The molecule has 2 aromatic rings. The Hall–Kier alpha value is -3.01. The molecule has 1 amide bonds. The summed E-state index contributed by atoms with van der Waals surface area (Å²) in [5.41, 5.74) is -0.467. The number of halogens is 4. The van der Waals surface area contributed by atoms with Crippen molar-refractivity contribution in [2.24, 2.45) is 0 Å². The first-order valence-corrected chi connectivity index (χ1v) is 9.49. The number of aromatic amines is 1. The monoisotopic (exact) mass is 460 g/mol. The van der Waals surface area contributed by atoms with Gasteiger partial charge in [-0.15, -0.1) is 0 Å². The Morgan fingerprint density at radius 2 is 1.84 bits per heavy atom. The Morgan fingerprint density at radius 3 is 2.42 bits per heavy atom. The zero-order valence-corrected chi connectivity index (χ0v) is 17.8. The molecule has 0 saturated heterocycles. The Balaban J connectivity index is 2.15. The quantitative estimate of drug-likeness (QED) is 0.611. The number of ether oxygens (including phenoxy) is 2. The van der Waals surface area contributed by atoms with Crippen molar-refractivity contribution in [3.8, 4) is 0 Å². The fourth-order valence-corrected chi connectivity index (χ4v) is 2.93. The maximum absolute atomic E-state index is 12.9. The summed E-state index contributed by atoms with van der Waals surface area (Å²) in [4.78, 5) is 39.6. The average Bonchev–Trinajstić information content (AvgIpc) is 2.97. The summed E-state index contributed by atoms with van der Waals surface area (Å²) in [6, 6.07) is 2.45. The second-order valence-electron chi connectivity index (χ2n) is 6.57. The first-order valence-electron chi connectivity index (χ1n) is 9.11. The van der Waals surface area contributed by atoms with Crippen molar-refractivity contribution in [3.63, 3.8) is 0 Å². The number of hydrogen-bond acceptors (Lipinski definition) is 5. The first-order chi connectivity index (χ1) is 14.4. The molecule has 1 atom stereocenters. The SMILES string of the molecule is CCOC(=O)c1c(C)[nH]c(C(=O)O[C@@H](C)C(=O)Nc2cc(C(F)(F)F)ccc2Cl)c1C. The van der Waals surface area contributed by atoms with Crippen LogP contribution >= 0.6 is 11.6 Å². The molecule has 1 aromatic carbocycles. The van der Waals surface area contributed by atoms with Crippen molar-refractivity contribution < 1.29 is 37.0 Å². The van der Waals surface area contributed by atoms with E-state index in [0.29, 0.717) is 11.8 Å². The molecule has 0 aliphatic carbocycles. The van der Waals surface area contributed by atoms with Crippen LogP contribution in [0.2, 0.25) is 5.02 Å². The van der Waals surface area contributed by atoms with Crippen molar-refractivity contribution in [2.75, 3.05) is 11.9 Å². The number of esters is 2. The lowest BCUT2D eigenvalue weighted by atomic mass is 10.1. The Bertz CT molecular complexity index is 1020. The number of anilines is 1. The molecule has 2 rings (SSSR count). The van der Waals surface area contributed by atoms with Gasteiger partial charge in [0.25, 0.3) is 5.91 Å². The molecule has 1 aromatic heterocycles. The minimum Gasteiger partial charge on any atom is -0.462 e. The minimum absolute atomic E-state index is 0.0442. The fourth-order valence-electron chi connectivity index (χ4n) is 2.77. The van der Waals surface area contributed by atoms with Gasteiger partial charge < -0.3 is 19.8 Å². The highest BCUT2D eigenvalue weighted by Gasteiger charge is 2.32. The van der Waals surface area contributed by atoms with E-state index < -0.39 is 35.7 Å². The first kappa shape index (κ1) is 24.3. The maximum atomic E-state index is 12.9. The van der Waals surface area contributed by atoms with Crippen LogP contribution in [-0.2, 0) is 20.4 Å². The molecule has 0 radical (unpaired) electrons. The number of amides is 1. The van der Waals surface area contributed by atoms with Crippen LogP contribution in [0, 0.1) is 13.8 Å². The molecule has 31 heavy (non-hydrogen) atoms. The number of aromatic nitrogens is 1. The van der Waals surface area contributed by atoms with Gasteiger partial charge >= 0.3 is 18.1 Å². The molecule has 0 bridgehead atoms. The van der Waals surface area contributed by atoms with Crippen LogP contribution in [0.25, 0.3) is 0 Å². The number of carbonyl (C=O) groups is 3. The molecular weight excluding hydrogens is 441 g/mol. The lowest BCUT2D eigenvalue weighted by molar-refractivity contribution is -0.137. The summed E-state index contributed by atoms with van der Waals surface area (Å²) in [5, 5.41) is 2.10. The summed E-state index contributed by atoms with van der Waals surface area (Å²) in [5.74, 6) is -2.42. The van der Waals surface area contributed by atoms with Crippen molar-refractivity contribution in [2.45, 2.75) is 40.0 Å². The summed E-state index contributed by atoms with van der Waals surface area (Å²) in [6.07, 6.45) is -5.99. The Labute approximate surface area is 180 Å². The highest BCUT2D eigenvalue weighted by atomic mass is 35.5. The summed E-state index contributed by atoms with van der Waals surface area (Å²) in [6.45, 7) is 6.12. The van der Waals surface area contributed by atoms with Crippen LogP contribution in [0.3, 0.4) is 0 Å². The molecule has 0 saturated carbocycles. The molecule has 0 fully saturated rings. The van der Waals surface area contributed by atoms with E-state index in [4.69, 9.17) is 21.1 Å². The normalized spacial score (nSPS) is 12.3. The van der Waals surface area contributed by atoms with E-state index in [-0.39, 0.29) is 34.1 Å². The van der Waals surface area contributed by atoms with Crippen molar-refractivity contribution in [1.29, 1.82) is 0 Å². The number of benzene rings is 1. The van der Waals surface area contributed by atoms with Gasteiger partial charge in [0, 0.05) is 5.69 Å². The van der Waals surface area contributed by atoms with E-state index in [1.807, 2.05) is 0 Å². The van der Waals surface area contributed by atoms with Gasteiger partial charge in [0.15, 0.2) is 6.10 Å². The van der Waals surface area contributed by atoms with E-state index in [0.717, 1.165) is 12.1 Å². The van der Waals surface area contributed by atoms with Crippen LogP contribution in [0.1, 0.15) is 51.5 Å². The molecular formula is C20H20ClF3N2O5. The Kier molecular flexibility index (Phi) is 7.37. The van der Waals surface area contributed by atoms with Crippen molar-refractivity contribution in [3.05, 3.63) is 51.3 Å². The van der Waals surface area contributed by atoms with Crippen molar-refractivity contribution in [1.82, 2.24) is 4.98 Å². The number of H-pyrrole nitrogens is 1. The van der Waals surface area contributed by atoms with Crippen LogP contribution < -0.4 is 5.32 Å². The highest BCUT2D eigenvalue weighted by molar-refractivity contribution is 6.33. The van der Waals surface area contributed by atoms with Crippen LogP contribution in [0.15, 0.2) is 18.2 Å².